The van der Waals surface area contributed by atoms with E-state index < -0.39 is 0 Å². The summed E-state index contributed by atoms with van der Waals surface area (Å²) >= 11 is 6.25. The van der Waals surface area contributed by atoms with Crippen LogP contribution < -0.4 is 15.5 Å². The van der Waals surface area contributed by atoms with E-state index in [4.69, 9.17) is 16.6 Å². The second kappa shape index (κ2) is 11.6. The van der Waals surface area contributed by atoms with E-state index in [2.05, 4.69) is 15.6 Å². The van der Waals surface area contributed by atoms with Crippen molar-refractivity contribution in [1.82, 2.24) is 15.3 Å². The van der Waals surface area contributed by atoms with Crippen molar-refractivity contribution in [2.45, 2.75) is 50.7 Å². The summed E-state index contributed by atoms with van der Waals surface area (Å²) in [6.45, 7) is 2.54. The molecule has 0 spiro atoms. The van der Waals surface area contributed by atoms with Crippen molar-refractivity contribution in [3.63, 3.8) is 0 Å². The van der Waals surface area contributed by atoms with Gasteiger partial charge in [-0.15, -0.1) is 0 Å². The number of aromatic nitrogens is 2. The molecule has 1 aliphatic heterocycles. The smallest absolute Gasteiger partial charge is 0.252 e. The highest BCUT2D eigenvalue weighted by molar-refractivity contribution is 6.32. The van der Waals surface area contributed by atoms with Gasteiger partial charge in [-0.2, -0.15) is 4.98 Å². The van der Waals surface area contributed by atoms with Crippen molar-refractivity contribution in [2.24, 2.45) is 5.92 Å². The zero-order valence-electron chi connectivity index (χ0n) is 18.8. The number of hydrogen-bond acceptors (Lipinski definition) is 6. The molecule has 1 saturated carbocycles. The van der Waals surface area contributed by atoms with Crippen LogP contribution in [0.15, 0.2) is 42.6 Å². The number of carbonyl (C=O) groups is 1. The molecule has 33 heavy (non-hydrogen) atoms. The van der Waals surface area contributed by atoms with Gasteiger partial charge in [0.15, 0.2) is 0 Å². The Hall–Kier alpha value is -2.48. The minimum Gasteiger partial charge on any atom is -0.393 e. The van der Waals surface area contributed by atoms with Crippen LogP contribution in [0.1, 0.15) is 44.1 Å². The van der Waals surface area contributed by atoms with Crippen LogP contribution in [0.25, 0.3) is 6.08 Å². The third-order valence-corrected chi connectivity index (χ3v) is 6.77. The van der Waals surface area contributed by atoms with E-state index in [-0.39, 0.29) is 18.1 Å². The van der Waals surface area contributed by atoms with E-state index in [1.54, 1.807) is 29.3 Å². The minimum absolute atomic E-state index is 0.126. The number of aliphatic hydroxyl groups is 1. The highest BCUT2D eigenvalue weighted by Crippen LogP contribution is 2.24. The Kier molecular flexibility index (Phi) is 8.31. The molecule has 176 valence electrons. The molecule has 3 N–H and O–H groups in total. The van der Waals surface area contributed by atoms with E-state index in [0.717, 1.165) is 57.2 Å². The molecule has 0 radical (unpaired) electrons. The number of nitrogens with one attached hydrogen (secondary N) is 2. The standard InChI is InChI=1S/C25H32ClN5O2/c26-22-4-2-1-3-19(22)5-10-24(33)31(17-18-11-14-27-15-12-18)23-13-16-28-25(30-23)29-20-6-8-21(32)9-7-20/h1-5,10,13,16,18,20-21,27,32H,6-9,11-12,14-15,17H2,(H,28,29,30)/b10-5+. The van der Waals surface area contributed by atoms with Crippen LogP contribution in [0.5, 0.6) is 0 Å². The van der Waals surface area contributed by atoms with Crippen LogP contribution in [0.4, 0.5) is 11.8 Å². The lowest BCUT2D eigenvalue weighted by Gasteiger charge is -2.29. The van der Waals surface area contributed by atoms with Crippen molar-refractivity contribution < 1.29 is 9.90 Å². The maximum absolute atomic E-state index is 13.3. The lowest BCUT2D eigenvalue weighted by atomic mass is 9.93. The van der Waals surface area contributed by atoms with Gasteiger partial charge in [-0.05, 0) is 81.3 Å². The molecule has 0 atom stereocenters. The zero-order chi connectivity index (χ0) is 23.0. The fraction of sp³-hybridized carbons (Fsp3) is 0.480. The maximum Gasteiger partial charge on any atom is 0.252 e. The molecule has 2 heterocycles. The Labute approximate surface area is 200 Å². The number of piperidine rings is 1. The normalized spacial score (nSPS) is 21.8. The summed E-state index contributed by atoms with van der Waals surface area (Å²) in [5.41, 5.74) is 0.805. The SMILES string of the molecule is O=C(/C=C/c1ccccc1Cl)N(CC1CCNCC1)c1ccnc(NC2CCC(O)CC2)n1. The van der Waals surface area contributed by atoms with Gasteiger partial charge in [-0.3, -0.25) is 9.69 Å². The average Bonchev–Trinajstić information content (AvgIpc) is 2.84. The fourth-order valence-corrected chi connectivity index (χ4v) is 4.65. The zero-order valence-corrected chi connectivity index (χ0v) is 19.5. The molecule has 4 rings (SSSR count). The third kappa shape index (κ3) is 6.76. The number of rotatable bonds is 7. The molecule has 0 bridgehead atoms. The Balaban J connectivity index is 1.52. The molecule has 1 aliphatic carbocycles. The van der Waals surface area contributed by atoms with Gasteiger partial charge in [0.2, 0.25) is 5.95 Å². The molecule has 0 unspecified atom stereocenters. The summed E-state index contributed by atoms with van der Waals surface area (Å²) in [7, 11) is 0. The van der Waals surface area contributed by atoms with Gasteiger partial charge < -0.3 is 15.7 Å². The monoisotopic (exact) mass is 469 g/mol. The predicted octanol–water partition coefficient (Wildman–Crippen LogP) is 3.89. The van der Waals surface area contributed by atoms with Gasteiger partial charge in [0.25, 0.3) is 5.91 Å². The summed E-state index contributed by atoms with van der Waals surface area (Å²) in [5.74, 6) is 1.40. The molecular weight excluding hydrogens is 438 g/mol. The van der Waals surface area contributed by atoms with E-state index in [0.29, 0.717) is 29.3 Å². The van der Waals surface area contributed by atoms with E-state index >= 15 is 0 Å². The van der Waals surface area contributed by atoms with Crippen molar-refractivity contribution in [3.8, 4) is 0 Å². The predicted molar refractivity (Wildman–Crippen MR) is 132 cm³/mol. The topological polar surface area (TPSA) is 90.4 Å². The second-order valence-corrected chi connectivity index (χ2v) is 9.29. The lowest BCUT2D eigenvalue weighted by Crippen LogP contribution is -2.39. The number of benzene rings is 1. The molecule has 1 amide bonds. The number of halogens is 1. The van der Waals surface area contributed by atoms with E-state index in [1.807, 2.05) is 24.3 Å². The van der Waals surface area contributed by atoms with E-state index in [1.165, 1.54) is 0 Å². The first kappa shape index (κ1) is 23.7. The van der Waals surface area contributed by atoms with E-state index in [9.17, 15) is 9.90 Å². The highest BCUT2D eigenvalue weighted by Gasteiger charge is 2.24. The first-order valence-corrected chi connectivity index (χ1v) is 12.2. The molecule has 1 saturated heterocycles. The van der Waals surface area contributed by atoms with Crippen molar-refractivity contribution in [3.05, 3.63) is 53.2 Å². The summed E-state index contributed by atoms with van der Waals surface area (Å²) in [6, 6.07) is 9.49. The molecular formula is C25H32ClN5O2. The van der Waals surface area contributed by atoms with Crippen LogP contribution in [0.2, 0.25) is 5.02 Å². The van der Waals surface area contributed by atoms with Crippen molar-refractivity contribution >= 4 is 35.4 Å². The van der Waals surface area contributed by atoms with Gasteiger partial charge in [0.1, 0.15) is 5.82 Å². The Bertz CT molecular complexity index is 955. The van der Waals surface area contributed by atoms with Gasteiger partial charge in [0.05, 0.1) is 6.10 Å². The van der Waals surface area contributed by atoms with Crippen LogP contribution in [0.3, 0.4) is 0 Å². The molecule has 8 heteroatoms. The largest absolute Gasteiger partial charge is 0.393 e. The average molecular weight is 470 g/mol. The maximum atomic E-state index is 13.3. The Morgan fingerprint density at radius 3 is 2.67 bits per heavy atom. The van der Waals surface area contributed by atoms with Gasteiger partial charge in [-0.1, -0.05) is 29.8 Å². The first-order chi connectivity index (χ1) is 16.1. The molecule has 1 aromatic heterocycles. The summed E-state index contributed by atoms with van der Waals surface area (Å²) in [6.07, 6.45) is 10.2. The third-order valence-electron chi connectivity index (χ3n) is 6.42. The number of nitrogens with zero attached hydrogens (tertiary/aromatic N) is 3. The summed E-state index contributed by atoms with van der Waals surface area (Å²) < 4.78 is 0. The summed E-state index contributed by atoms with van der Waals surface area (Å²) in [4.78, 5) is 24.1. The Morgan fingerprint density at radius 2 is 1.91 bits per heavy atom. The number of carbonyl (C=O) groups excluding carboxylic acids is 1. The van der Waals surface area contributed by atoms with Crippen LogP contribution in [-0.4, -0.2) is 52.8 Å². The first-order valence-electron chi connectivity index (χ1n) is 11.8. The second-order valence-electron chi connectivity index (χ2n) is 8.89. The molecule has 7 nitrogen and oxygen atoms in total. The minimum atomic E-state index is -0.210. The van der Waals surface area contributed by atoms with Gasteiger partial charge in [-0.25, -0.2) is 4.98 Å². The lowest BCUT2D eigenvalue weighted by molar-refractivity contribution is -0.114. The molecule has 1 aromatic carbocycles. The van der Waals surface area contributed by atoms with Gasteiger partial charge >= 0.3 is 0 Å². The van der Waals surface area contributed by atoms with Crippen molar-refractivity contribution in [2.75, 3.05) is 29.9 Å². The fourth-order valence-electron chi connectivity index (χ4n) is 4.45. The molecule has 2 aliphatic rings. The Morgan fingerprint density at radius 1 is 1.15 bits per heavy atom. The summed E-state index contributed by atoms with van der Waals surface area (Å²) in [5, 5.41) is 17.1. The van der Waals surface area contributed by atoms with Crippen LogP contribution in [0, 0.1) is 5.92 Å². The quantitative estimate of drug-likeness (QED) is 0.533. The van der Waals surface area contributed by atoms with Crippen LogP contribution in [-0.2, 0) is 4.79 Å². The number of aliphatic hydroxyl groups excluding tert-OH is 1. The van der Waals surface area contributed by atoms with Crippen molar-refractivity contribution in [1.29, 1.82) is 0 Å². The molecule has 2 fully saturated rings. The van der Waals surface area contributed by atoms with Gasteiger partial charge in [0, 0.05) is 29.9 Å². The highest BCUT2D eigenvalue weighted by atomic mass is 35.5. The van der Waals surface area contributed by atoms with Crippen LogP contribution >= 0.6 is 11.6 Å². The number of hydrogen-bond donors (Lipinski definition) is 3. The molecule has 2 aromatic rings. The number of anilines is 2. The number of amides is 1.